The largest absolute Gasteiger partial charge is 0.307 e. The predicted molar refractivity (Wildman–Crippen MR) is 74.8 cm³/mol. The summed E-state index contributed by atoms with van der Waals surface area (Å²) in [5, 5.41) is 11.9. The lowest BCUT2D eigenvalue weighted by Gasteiger charge is -2.37. The van der Waals surface area contributed by atoms with Crippen LogP contribution in [-0.2, 0) is 11.2 Å². The molecule has 100 valence electrons. The van der Waals surface area contributed by atoms with Crippen molar-refractivity contribution in [2.45, 2.75) is 38.8 Å². The Hall–Kier alpha value is -1.86. The van der Waals surface area contributed by atoms with Crippen LogP contribution in [0.1, 0.15) is 25.8 Å². The van der Waals surface area contributed by atoms with Gasteiger partial charge >= 0.3 is 0 Å². The second-order valence-electron chi connectivity index (χ2n) is 4.90. The van der Waals surface area contributed by atoms with E-state index in [1.54, 1.807) is 4.90 Å². The minimum absolute atomic E-state index is 0.00968. The van der Waals surface area contributed by atoms with E-state index in [0.717, 1.165) is 12.1 Å². The number of carbonyl (C=O) groups excluding carboxylic acids is 1. The Bertz CT molecular complexity index is 489. The lowest BCUT2D eigenvalue weighted by Crippen LogP contribution is -2.59. The van der Waals surface area contributed by atoms with Crippen LogP contribution in [0.3, 0.4) is 0 Å². The molecule has 1 fully saturated rings. The summed E-state index contributed by atoms with van der Waals surface area (Å²) in [5.74, 6) is -0.00968. The summed E-state index contributed by atoms with van der Waals surface area (Å²) in [6.45, 7) is 4.84. The van der Waals surface area contributed by atoms with E-state index < -0.39 is 0 Å². The molecule has 2 atom stereocenters. The van der Waals surface area contributed by atoms with Crippen LogP contribution in [0, 0.1) is 11.3 Å². The monoisotopic (exact) mass is 257 g/mol. The highest BCUT2D eigenvalue weighted by atomic mass is 16.2. The van der Waals surface area contributed by atoms with Crippen LogP contribution in [0.2, 0.25) is 0 Å². The van der Waals surface area contributed by atoms with Gasteiger partial charge in [-0.15, -0.1) is 0 Å². The highest BCUT2D eigenvalue weighted by molar-refractivity contribution is 5.98. The smallest absolute Gasteiger partial charge is 0.245 e. The van der Waals surface area contributed by atoms with Gasteiger partial charge in [-0.2, -0.15) is 5.26 Å². The number of carbonyl (C=O) groups is 1. The highest BCUT2D eigenvalue weighted by Gasteiger charge is 2.33. The van der Waals surface area contributed by atoms with Gasteiger partial charge in [-0.3, -0.25) is 4.79 Å². The standard InChI is InChI=1S/C15H19N3O/c1-3-12-4-6-13(7-5-12)18-11(2)10-17-14(8-9-16)15(18)19/h4-7,11,14,17H,3,8,10H2,1-2H3. The van der Waals surface area contributed by atoms with Crippen LogP contribution in [0.15, 0.2) is 24.3 Å². The summed E-state index contributed by atoms with van der Waals surface area (Å²) in [6, 6.07) is 9.87. The Balaban J connectivity index is 2.24. The molecular formula is C15H19N3O. The van der Waals surface area contributed by atoms with Crippen molar-refractivity contribution >= 4 is 11.6 Å². The van der Waals surface area contributed by atoms with E-state index in [9.17, 15) is 4.79 Å². The van der Waals surface area contributed by atoms with Gasteiger partial charge in [-0.25, -0.2) is 0 Å². The van der Waals surface area contributed by atoms with Gasteiger partial charge in [0.25, 0.3) is 0 Å². The molecule has 4 nitrogen and oxygen atoms in total. The van der Waals surface area contributed by atoms with Gasteiger partial charge in [-0.1, -0.05) is 19.1 Å². The quantitative estimate of drug-likeness (QED) is 0.899. The molecule has 1 aliphatic heterocycles. The van der Waals surface area contributed by atoms with Gasteiger partial charge in [0.1, 0.15) is 6.04 Å². The number of piperazine rings is 1. The zero-order valence-corrected chi connectivity index (χ0v) is 11.4. The number of benzene rings is 1. The van der Waals surface area contributed by atoms with Gasteiger partial charge in [0, 0.05) is 18.3 Å². The summed E-state index contributed by atoms with van der Waals surface area (Å²) in [7, 11) is 0. The summed E-state index contributed by atoms with van der Waals surface area (Å²) in [6.07, 6.45) is 1.21. The number of nitrogens with zero attached hydrogens (tertiary/aromatic N) is 2. The minimum atomic E-state index is -0.382. The van der Waals surface area contributed by atoms with Crippen molar-refractivity contribution in [1.82, 2.24) is 5.32 Å². The summed E-state index contributed by atoms with van der Waals surface area (Å²) in [5.41, 5.74) is 2.17. The molecule has 0 radical (unpaired) electrons. The molecule has 19 heavy (non-hydrogen) atoms. The maximum absolute atomic E-state index is 12.4. The van der Waals surface area contributed by atoms with E-state index in [-0.39, 0.29) is 24.4 Å². The first-order valence-corrected chi connectivity index (χ1v) is 6.69. The van der Waals surface area contributed by atoms with E-state index in [2.05, 4.69) is 30.4 Å². The first-order chi connectivity index (χ1) is 9.17. The lowest BCUT2D eigenvalue weighted by molar-refractivity contribution is -0.122. The topological polar surface area (TPSA) is 56.1 Å². The molecule has 1 N–H and O–H groups in total. The molecule has 0 bridgehead atoms. The van der Waals surface area contributed by atoms with Crippen LogP contribution in [0.4, 0.5) is 5.69 Å². The van der Waals surface area contributed by atoms with Gasteiger partial charge in [0.15, 0.2) is 0 Å². The molecule has 1 aliphatic rings. The molecule has 1 aromatic rings. The average molecular weight is 257 g/mol. The van der Waals surface area contributed by atoms with Crippen molar-refractivity contribution in [2.24, 2.45) is 0 Å². The third-order valence-corrected chi connectivity index (χ3v) is 3.55. The molecule has 1 saturated heterocycles. The third-order valence-electron chi connectivity index (χ3n) is 3.55. The van der Waals surface area contributed by atoms with Crippen LogP contribution < -0.4 is 10.2 Å². The van der Waals surface area contributed by atoms with Crippen LogP contribution in [0.5, 0.6) is 0 Å². The van der Waals surface area contributed by atoms with Gasteiger partial charge in [0.05, 0.1) is 12.5 Å². The fourth-order valence-corrected chi connectivity index (χ4v) is 2.40. The van der Waals surface area contributed by atoms with Gasteiger partial charge in [-0.05, 0) is 31.0 Å². The van der Waals surface area contributed by atoms with Gasteiger partial charge in [0.2, 0.25) is 5.91 Å². The fraction of sp³-hybridized carbons (Fsp3) is 0.467. The van der Waals surface area contributed by atoms with Crippen LogP contribution in [-0.4, -0.2) is 24.5 Å². The second-order valence-corrected chi connectivity index (χ2v) is 4.90. The summed E-state index contributed by atoms with van der Waals surface area (Å²) in [4.78, 5) is 14.2. The van der Waals surface area contributed by atoms with Gasteiger partial charge < -0.3 is 10.2 Å². The molecule has 0 aliphatic carbocycles. The van der Waals surface area contributed by atoms with Crippen molar-refractivity contribution in [3.63, 3.8) is 0 Å². The zero-order valence-electron chi connectivity index (χ0n) is 11.4. The SMILES string of the molecule is CCc1ccc(N2C(=O)C(CC#N)NCC2C)cc1. The number of amides is 1. The lowest BCUT2D eigenvalue weighted by atomic mass is 10.0. The van der Waals surface area contributed by atoms with Crippen LogP contribution >= 0.6 is 0 Å². The van der Waals surface area contributed by atoms with Crippen molar-refractivity contribution < 1.29 is 4.79 Å². The average Bonchev–Trinajstić information content (AvgIpc) is 2.43. The first-order valence-electron chi connectivity index (χ1n) is 6.69. The molecular weight excluding hydrogens is 238 g/mol. The number of nitriles is 1. The van der Waals surface area contributed by atoms with E-state index >= 15 is 0 Å². The number of anilines is 1. The van der Waals surface area contributed by atoms with E-state index in [1.807, 2.05) is 19.1 Å². The normalized spacial score (nSPS) is 23.2. The number of hydrogen-bond donors (Lipinski definition) is 1. The number of hydrogen-bond acceptors (Lipinski definition) is 3. The van der Waals surface area contributed by atoms with Crippen molar-refractivity contribution in [3.8, 4) is 6.07 Å². The molecule has 4 heteroatoms. The number of rotatable bonds is 3. The molecule has 0 saturated carbocycles. The first kappa shape index (κ1) is 13.6. The number of aryl methyl sites for hydroxylation is 1. The molecule has 2 unspecified atom stereocenters. The highest BCUT2D eigenvalue weighted by Crippen LogP contribution is 2.22. The Morgan fingerprint density at radius 3 is 2.68 bits per heavy atom. The zero-order chi connectivity index (χ0) is 13.8. The van der Waals surface area contributed by atoms with Crippen molar-refractivity contribution in [1.29, 1.82) is 5.26 Å². The Labute approximate surface area is 114 Å². The maximum Gasteiger partial charge on any atom is 0.245 e. The van der Waals surface area contributed by atoms with Crippen molar-refractivity contribution in [2.75, 3.05) is 11.4 Å². The van der Waals surface area contributed by atoms with Crippen LogP contribution in [0.25, 0.3) is 0 Å². The molecule has 0 spiro atoms. The second kappa shape index (κ2) is 5.85. The van der Waals surface area contributed by atoms with E-state index in [0.29, 0.717) is 6.54 Å². The number of nitrogens with one attached hydrogen (secondary N) is 1. The van der Waals surface area contributed by atoms with E-state index in [4.69, 9.17) is 5.26 Å². The summed E-state index contributed by atoms with van der Waals surface area (Å²) < 4.78 is 0. The fourth-order valence-electron chi connectivity index (χ4n) is 2.40. The molecule has 0 aromatic heterocycles. The molecule has 2 rings (SSSR count). The Morgan fingerprint density at radius 1 is 1.42 bits per heavy atom. The Morgan fingerprint density at radius 2 is 2.11 bits per heavy atom. The van der Waals surface area contributed by atoms with Crippen molar-refractivity contribution in [3.05, 3.63) is 29.8 Å². The maximum atomic E-state index is 12.4. The molecule has 1 heterocycles. The minimum Gasteiger partial charge on any atom is -0.307 e. The molecule has 1 aromatic carbocycles. The predicted octanol–water partition coefficient (Wildman–Crippen LogP) is 1.86. The molecule has 1 amide bonds. The Kier molecular flexibility index (Phi) is 4.18. The summed E-state index contributed by atoms with van der Waals surface area (Å²) >= 11 is 0. The third kappa shape index (κ3) is 2.77. The van der Waals surface area contributed by atoms with E-state index in [1.165, 1.54) is 5.56 Å².